The molecule has 0 N–H and O–H groups in total. The highest BCUT2D eigenvalue weighted by Crippen LogP contribution is 2.26. The average molecular weight is 340 g/mol. The van der Waals surface area contributed by atoms with Crippen LogP contribution in [0.5, 0.6) is 17.2 Å². The summed E-state index contributed by atoms with van der Waals surface area (Å²) >= 11 is 0. The van der Waals surface area contributed by atoms with E-state index in [1.165, 1.54) is 10.9 Å². The first-order valence-electron chi connectivity index (χ1n) is 8.10. The van der Waals surface area contributed by atoms with E-state index in [1.807, 2.05) is 31.2 Å². The maximum Gasteiger partial charge on any atom is 0.261 e. The number of hydrogen-bond donors (Lipinski definition) is 0. The molecule has 0 saturated carbocycles. The van der Waals surface area contributed by atoms with Crippen molar-refractivity contribution in [3.8, 4) is 17.2 Å². The Bertz CT molecular complexity index is 921. The molecule has 0 spiro atoms. The van der Waals surface area contributed by atoms with Crippen LogP contribution < -0.4 is 19.8 Å². The molecule has 130 valence electrons. The second-order valence-electron chi connectivity index (χ2n) is 5.35. The smallest absolute Gasteiger partial charge is 0.261 e. The lowest BCUT2D eigenvalue weighted by Crippen LogP contribution is -2.23. The molecule has 6 heteroatoms. The first kappa shape index (κ1) is 16.8. The van der Waals surface area contributed by atoms with Crippen LogP contribution in [0.4, 0.5) is 0 Å². The monoisotopic (exact) mass is 340 g/mol. The highest BCUT2D eigenvalue weighted by atomic mass is 16.5. The maximum atomic E-state index is 12.5. The molecule has 3 rings (SSSR count). The van der Waals surface area contributed by atoms with Gasteiger partial charge in [0.15, 0.2) is 11.5 Å². The number of fused-ring (bicyclic) bond motifs is 1. The van der Waals surface area contributed by atoms with Crippen LogP contribution in [-0.2, 0) is 6.54 Å². The Labute approximate surface area is 145 Å². The van der Waals surface area contributed by atoms with Gasteiger partial charge < -0.3 is 14.2 Å². The van der Waals surface area contributed by atoms with E-state index in [9.17, 15) is 4.79 Å². The fourth-order valence-corrected chi connectivity index (χ4v) is 2.52. The van der Waals surface area contributed by atoms with Gasteiger partial charge in [0.1, 0.15) is 12.4 Å². The summed E-state index contributed by atoms with van der Waals surface area (Å²) in [6.07, 6.45) is 1.53. The third-order valence-corrected chi connectivity index (χ3v) is 3.77. The van der Waals surface area contributed by atoms with E-state index < -0.39 is 0 Å². The topological polar surface area (TPSA) is 62.6 Å². The van der Waals surface area contributed by atoms with Crippen LogP contribution in [0.15, 0.2) is 53.6 Å². The molecule has 0 fully saturated rings. The Balaban J connectivity index is 1.74. The summed E-state index contributed by atoms with van der Waals surface area (Å²) in [5.41, 5.74) is 0.512. The van der Waals surface area contributed by atoms with Gasteiger partial charge in [-0.25, -0.2) is 4.98 Å². The number of ether oxygens (including phenoxy) is 3. The summed E-state index contributed by atoms with van der Waals surface area (Å²) in [7, 11) is 1.58. The Hall–Kier alpha value is -3.02. The van der Waals surface area contributed by atoms with E-state index in [0.29, 0.717) is 47.9 Å². The molecule has 0 aliphatic carbocycles. The summed E-state index contributed by atoms with van der Waals surface area (Å²) < 4.78 is 18.0. The van der Waals surface area contributed by atoms with Gasteiger partial charge in [0.25, 0.3) is 5.56 Å². The molecule has 0 bridgehead atoms. The van der Waals surface area contributed by atoms with Crippen LogP contribution in [0.2, 0.25) is 0 Å². The standard InChI is InChI=1S/C19H20N2O4/c1-3-24-17-6-4-5-7-18(17)25-11-10-21-13-20-16-12-14(23-2)8-9-15(16)19(21)22/h4-9,12-13H,3,10-11H2,1-2H3. The van der Waals surface area contributed by atoms with Crippen molar-refractivity contribution in [1.29, 1.82) is 0 Å². The second kappa shape index (κ2) is 7.70. The minimum Gasteiger partial charge on any atom is -0.497 e. The number of para-hydroxylation sites is 2. The quantitative estimate of drug-likeness (QED) is 0.662. The van der Waals surface area contributed by atoms with Crippen molar-refractivity contribution in [1.82, 2.24) is 9.55 Å². The molecule has 2 aromatic carbocycles. The van der Waals surface area contributed by atoms with Gasteiger partial charge in [-0.15, -0.1) is 0 Å². The van der Waals surface area contributed by atoms with Gasteiger partial charge in [0, 0.05) is 6.07 Å². The van der Waals surface area contributed by atoms with Crippen LogP contribution in [0, 0.1) is 0 Å². The number of hydrogen-bond acceptors (Lipinski definition) is 5. The Morgan fingerprint density at radius 1 is 1.08 bits per heavy atom. The van der Waals surface area contributed by atoms with E-state index in [4.69, 9.17) is 14.2 Å². The van der Waals surface area contributed by atoms with Gasteiger partial charge in [0.2, 0.25) is 0 Å². The third kappa shape index (κ3) is 3.74. The van der Waals surface area contributed by atoms with Crippen molar-refractivity contribution in [2.24, 2.45) is 0 Å². The van der Waals surface area contributed by atoms with Crippen LogP contribution in [0.25, 0.3) is 10.9 Å². The molecule has 1 heterocycles. The summed E-state index contributed by atoms with van der Waals surface area (Å²) in [6, 6.07) is 12.7. The summed E-state index contributed by atoms with van der Waals surface area (Å²) in [6.45, 7) is 3.23. The van der Waals surface area contributed by atoms with Crippen molar-refractivity contribution >= 4 is 10.9 Å². The molecule has 0 atom stereocenters. The molecule has 0 aliphatic heterocycles. The van der Waals surface area contributed by atoms with Crippen molar-refractivity contribution < 1.29 is 14.2 Å². The molecule has 0 saturated heterocycles. The highest BCUT2D eigenvalue weighted by Gasteiger charge is 2.07. The number of rotatable bonds is 7. The van der Waals surface area contributed by atoms with Crippen LogP contribution >= 0.6 is 0 Å². The molecule has 0 radical (unpaired) electrons. The average Bonchev–Trinajstić information content (AvgIpc) is 2.65. The summed E-state index contributed by atoms with van der Waals surface area (Å²) in [5, 5.41) is 0.554. The second-order valence-corrected chi connectivity index (χ2v) is 5.35. The predicted molar refractivity (Wildman–Crippen MR) is 95.7 cm³/mol. The Kier molecular flexibility index (Phi) is 5.18. The minimum absolute atomic E-state index is 0.102. The van der Waals surface area contributed by atoms with Crippen molar-refractivity contribution in [2.45, 2.75) is 13.5 Å². The van der Waals surface area contributed by atoms with Crippen molar-refractivity contribution in [3.05, 3.63) is 59.1 Å². The van der Waals surface area contributed by atoms with Crippen molar-refractivity contribution in [3.63, 3.8) is 0 Å². The van der Waals surface area contributed by atoms with Gasteiger partial charge in [-0.2, -0.15) is 0 Å². The first-order chi connectivity index (χ1) is 12.2. The fourth-order valence-electron chi connectivity index (χ4n) is 2.52. The lowest BCUT2D eigenvalue weighted by atomic mass is 10.2. The van der Waals surface area contributed by atoms with E-state index in [-0.39, 0.29) is 5.56 Å². The Morgan fingerprint density at radius 3 is 2.56 bits per heavy atom. The molecule has 0 unspecified atom stereocenters. The number of benzene rings is 2. The normalized spacial score (nSPS) is 10.6. The predicted octanol–water partition coefficient (Wildman–Crippen LogP) is 2.88. The summed E-state index contributed by atoms with van der Waals surface area (Å²) in [5.74, 6) is 2.03. The molecule has 1 aromatic heterocycles. The number of nitrogens with zero attached hydrogens (tertiary/aromatic N) is 2. The zero-order chi connectivity index (χ0) is 17.6. The zero-order valence-corrected chi connectivity index (χ0v) is 14.3. The number of aromatic nitrogens is 2. The van der Waals surface area contributed by atoms with Crippen LogP contribution in [-0.4, -0.2) is 29.9 Å². The minimum atomic E-state index is -0.102. The molecule has 0 amide bonds. The lowest BCUT2D eigenvalue weighted by molar-refractivity contribution is 0.265. The SMILES string of the molecule is CCOc1ccccc1OCCn1cnc2cc(OC)ccc2c1=O. The van der Waals surface area contributed by atoms with E-state index in [2.05, 4.69) is 4.98 Å². The van der Waals surface area contributed by atoms with Gasteiger partial charge in [-0.1, -0.05) is 12.1 Å². The van der Waals surface area contributed by atoms with Gasteiger partial charge in [-0.05, 0) is 31.2 Å². The first-order valence-corrected chi connectivity index (χ1v) is 8.10. The zero-order valence-electron chi connectivity index (χ0n) is 14.3. The van der Waals surface area contributed by atoms with Gasteiger partial charge in [0.05, 0.1) is 37.5 Å². The largest absolute Gasteiger partial charge is 0.497 e. The van der Waals surface area contributed by atoms with Gasteiger partial charge >= 0.3 is 0 Å². The third-order valence-electron chi connectivity index (χ3n) is 3.77. The molecular weight excluding hydrogens is 320 g/mol. The van der Waals surface area contributed by atoms with Crippen LogP contribution in [0.3, 0.4) is 0 Å². The van der Waals surface area contributed by atoms with E-state index in [1.54, 1.807) is 25.3 Å². The molecule has 6 nitrogen and oxygen atoms in total. The van der Waals surface area contributed by atoms with Crippen molar-refractivity contribution in [2.75, 3.05) is 20.3 Å². The Morgan fingerprint density at radius 2 is 1.84 bits per heavy atom. The highest BCUT2D eigenvalue weighted by molar-refractivity contribution is 5.78. The van der Waals surface area contributed by atoms with E-state index in [0.717, 1.165) is 0 Å². The maximum absolute atomic E-state index is 12.5. The molecular formula is C19H20N2O4. The molecule has 3 aromatic rings. The van der Waals surface area contributed by atoms with Crippen LogP contribution in [0.1, 0.15) is 6.92 Å². The van der Waals surface area contributed by atoms with E-state index >= 15 is 0 Å². The fraction of sp³-hybridized carbons (Fsp3) is 0.263. The molecule has 0 aliphatic rings. The summed E-state index contributed by atoms with van der Waals surface area (Å²) in [4.78, 5) is 16.9. The lowest BCUT2D eigenvalue weighted by Gasteiger charge is -2.12. The van der Waals surface area contributed by atoms with Gasteiger partial charge in [-0.3, -0.25) is 9.36 Å². The number of methoxy groups -OCH3 is 1. The molecule has 25 heavy (non-hydrogen) atoms.